The quantitative estimate of drug-likeness (QED) is 0.653. The van der Waals surface area contributed by atoms with Gasteiger partial charge in [0, 0.05) is 31.7 Å². The lowest BCUT2D eigenvalue weighted by Gasteiger charge is -2.14. The summed E-state index contributed by atoms with van der Waals surface area (Å²) in [4.78, 5) is 13.0. The molecule has 1 aromatic carbocycles. The Morgan fingerprint density at radius 3 is 2.73 bits per heavy atom. The number of aryl methyl sites for hydroxylation is 1. The van der Waals surface area contributed by atoms with Crippen LogP contribution >= 0.6 is 0 Å². The fourth-order valence-corrected chi connectivity index (χ4v) is 3.21. The van der Waals surface area contributed by atoms with Gasteiger partial charge in [0.15, 0.2) is 11.4 Å². The summed E-state index contributed by atoms with van der Waals surface area (Å²) in [6, 6.07) is 8.23. The van der Waals surface area contributed by atoms with Gasteiger partial charge in [-0.05, 0) is 57.6 Å². The van der Waals surface area contributed by atoms with Gasteiger partial charge < -0.3 is 19.4 Å². The smallest absolute Gasteiger partial charge is 0.272 e. The first-order chi connectivity index (χ1) is 12.6. The maximum absolute atomic E-state index is 13.0. The fourth-order valence-electron chi connectivity index (χ4n) is 3.21. The standard InChI is InChI=1S/C21H30N2O3/c1-15(2)22-21(24)19-20(26-14-16-10-11-16)17-8-4-5-9-18(17)23(19)12-6-7-13-25-3/h4-5,8-9,15-16H,6-7,10-14H2,1-3H3,(H,22,24). The highest BCUT2D eigenvalue weighted by molar-refractivity contribution is 6.04. The predicted octanol–water partition coefficient (Wildman–Crippen LogP) is 3.99. The van der Waals surface area contributed by atoms with E-state index in [4.69, 9.17) is 9.47 Å². The van der Waals surface area contributed by atoms with Crippen molar-refractivity contribution in [2.75, 3.05) is 20.3 Å². The van der Waals surface area contributed by atoms with E-state index in [1.807, 2.05) is 26.0 Å². The van der Waals surface area contributed by atoms with Gasteiger partial charge in [0.1, 0.15) is 0 Å². The second-order valence-electron chi connectivity index (χ2n) is 7.43. The van der Waals surface area contributed by atoms with E-state index in [0.717, 1.165) is 42.6 Å². The number of hydrogen-bond acceptors (Lipinski definition) is 3. The second-order valence-corrected chi connectivity index (χ2v) is 7.43. The molecule has 5 heteroatoms. The number of aromatic nitrogens is 1. The molecular weight excluding hydrogens is 328 g/mol. The Labute approximate surface area is 155 Å². The maximum Gasteiger partial charge on any atom is 0.272 e. The van der Waals surface area contributed by atoms with Crippen LogP contribution in [0.5, 0.6) is 5.75 Å². The van der Waals surface area contributed by atoms with Crippen molar-refractivity contribution in [3.05, 3.63) is 30.0 Å². The van der Waals surface area contributed by atoms with Crippen molar-refractivity contribution in [1.82, 2.24) is 9.88 Å². The van der Waals surface area contributed by atoms with Gasteiger partial charge in [0.25, 0.3) is 5.91 Å². The van der Waals surface area contributed by atoms with Crippen molar-refractivity contribution in [2.24, 2.45) is 5.92 Å². The van der Waals surface area contributed by atoms with Crippen molar-refractivity contribution in [3.63, 3.8) is 0 Å². The molecule has 1 aliphatic carbocycles. The molecule has 0 bridgehead atoms. The maximum atomic E-state index is 13.0. The number of hydrogen-bond donors (Lipinski definition) is 1. The highest BCUT2D eigenvalue weighted by atomic mass is 16.5. The number of benzene rings is 1. The summed E-state index contributed by atoms with van der Waals surface area (Å²) in [5.74, 6) is 1.31. The van der Waals surface area contributed by atoms with Crippen LogP contribution in [0.4, 0.5) is 0 Å². The van der Waals surface area contributed by atoms with Gasteiger partial charge in [0.2, 0.25) is 0 Å². The monoisotopic (exact) mass is 358 g/mol. The van der Waals surface area contributed by atoms with Crippen molar-refractivity contribution in [2.45, 2.75) is 52.1 Å². The summed E-state index contributed by atoms with van der Waals surface area (Å²) >= 11 is 0. The van der Waals surface area contributed by atoms with Crippen LogP contribution in [0.2, 0.25) is 0 Å². The van der Waals surface area contributed by atoms with E-state index >= 15 is 0 Å². The molecule has 1 fully saturated rings. The molecule has 0 spiro atoms. The average Bonchev–Trinajstić information content (AvgIpc) is 3.38. The van der Waals surface area contributed by atoms with Crippen LogP contribution in [-0.2, 0) is 11.3 Å². The van der Waals surface area contributed by atoms with Gasteiger partial charge in [-0.25, -0.2) is 0 Å². The molecule has 5 nitrogen and oxygen atoms in total. The molecule has 2 aromatic rings. The minimum absolute atomic E-state index is 0.0614. The summed E-state index contributed by atoms with van der Waals surface area (Å²) < 4.78 is 13.5. The van der Waals surface area contributed by atoms with Crippen molar-refractivity contribution >= 4 is 16.8 Å². The summed E-state index contributed by atoms with van der Waals surface area (Å²) in [7, 11) is 1.72. The third-order valence-corrected chi connectivity index (χ3v) is 4.70. The number of methoxy groups -OCH3 is 1. The normalized spacial score (nSPS) is 14.2. The molecule has 1 N–H and O–H groups in total. The molecule has 1 aromatic heterocycles. The van der Waals surface area contributed by atoms with Crippen LogP contribution in [0.3, 0.4) is 0 Å². The highest BCUT2D eigenvalue weighted by Gasteiger charge is 2.27. The third kappa shape index (κ3) is 4.39. The molecule has 0 atom stereocenters. The van der Waals surface area contributed by atoms with E-state index in [0.29, 0.717) is 18.2 Å². The molecular formula is C21H30N2O3. The zero-order valence-corrected chi connectivity index (χ0v) is 16.1. The zero-order valence-electron chi connectivity index (χ0n) is 16.1. The first-order valence-electron chi connectivity index (χ1n) is 9.65. The average molecular weight is 358 g/mol. The van der Waals surface area contributed by atoms with Crippen LogP contribution in [0.25, 0.3) is 10.9 Å². The lowest BCUT2D eigenvalue weighted by Crippen LogP contribution is -2.32. The minimum atomic E-state index is -0.0614. The van der Waals surface area contributed by atoms with Gasteiger partial charge in [0.05, 0.1) is 12.1 Å². The molecule has 3 rings (SSSR count). The fraction of sp³-hybridized carbons (Fsp3) is 0.571. The Morgan fingerprint density at radius 1 is 1.27 bits per heavy atom. The van der Waals surface area contributed by atoms with E-state index < -0.39 is 0 Å². The van der Waals surface area contributed by atoms with Gasteiger partial charge in [-0.15, -0.1) is 0 Å². The lowest BCUT2D eigenvalue weighted by molar-refractivity contribution is 0.0929. The van der Waals surface area contributed by atoms with Gasteiger partial charge in [-0.1, -0.05) is 12.1 Å². The summed E-state index contributed by atoms with van der Waals surface area (Å²) in [6.07, 6.45) is 4.37. The minimum Gasteiger partial charge on any atom is -0.490 e. The van der Waals surface area contributed by atoms with Crippen molar-refractivity contribution in [1.29, 1.82) is 0 Å². The summed E-state index contributed by atoms with van der Waals surface area (Å²) in [5, 5.41) is 4.06. The second kappa shape index (κ2) is 8.58. The molecule has 1 amide bonds. The van der Waals surface area contributed by atoms with Gasteiger partial charge in [-0.3, -0.25) is 4.79 Å². The van der Waals surface area contributed by atoms with E-state index in [9.17, 15) is 4.79 Å². The molecule has 0 saturated heterocycles. The molecule has 0 unspecified atom stereocenters. The van der Waals surface area contributed by atoms with Crippen LogP contribution in [0, 0.1) is 5.92 Å². The molecule has 1 saturated carbocycles. The van der Waals surface area contributed by atoms with E-state index in [1.54, 1.807) is 7.11 Å². The first-order valence-corrected chi connectivity index (χ1v) is 9.65. The molecule has 142 valence electrons. The van der Waals surface area contributed by atoms with Crippen molar-refractivity contribution in [3.8, 4) is 5.75 Å². The largest absolute Gasteiger partial charge is 0.490 e. The van der Waals surface area contributed by atoms with E-state index in [2.05, 4.69) is 22.0 Å². The number of para-hydroxylation sites is 1. The SMILES string of the molecule is COCCCCn1c(C(=O)NC(C)C)c(OCC2CC2)c2ccccc21. The number of unbranched alkanes of at least 4 members (excludes halogenated alkanes) is 1. The number of ether oxygens (including phenoxy) is 2. The number of fused-ring (bicyclic) bond motifs is 1. The number of amides is 1. The first kappa shape index (κ1) is 18.8. The number of nitrogens with one attached hydrogen (secondary N) is 1. The van der Waals surface area contributed by atoms with Gasteiger partial charge >= 0.3 is 0 Å². The van der Waals surface area contributed by atoms with Crippen molar-refractivity contribution < 1.29 is 14.3 Å². The highest BCUT2D eigenvalue weighted by Crippen LogP contribution is 2.36. The Balaban J connectivity index is 1.97. The molecule has 1 aliphatic rings. The Kier molecular flexibility index (Phi) is 6.20. The zero-order chi connectivity index (χ0) is 18.5. The number of nitrogens with zero attached hydrogens (tertiary/aromatic N) is 1. The topological polar surface area (TPSA) is 52.5 Å². The van der Waals surface area contributed by atoms with E-state index in [-0.39, 0.29) is 11.9 Å². The summed E-state index contributed by atoms with van der Waals surface area (Å²) in [5.41, 5.74) is 1.71. The molecule has 0 radical (unpaired) electrons. The lowest BCUT2D eigenvalue weighted by atomic mass is 10.2. The van der Waals surface area contributed by atoms with Crippen LogP contribution in [0.15, 0.2) is 24.3 Å². The Morgan fingerprint density at radius 2 is 2.04 bits per heavy atom. The molecule has 26 heavy (non-hydrogen) atoms. The van der Waals surface area contributed by atoms with Crippen LogP contribution in [0.1, 0.15) is 50.0 Å². The molecule has 0 aliphatic heterocycles. The number of carbonyl (C=O) groups is 1. The Bertz CT molecular complexity index is 747. The van der Waals surface area contributed by atoms with Crippen LogP contribution < -0.4 is 10.1 Å². The number of rotatable bonds is 10. The van der Waals surface area contributed by atoms with Crippen LogP contribution in [-0.4, -0.2) is 36.8 Å². The predicted molar refractivity (Wildman–Crippen MR) is 104 cm³/mol. The van der Waals surface area contributed by atoms with E-state index in [1.165, 1.54) is 12.8 Å². The van der Waals surface area contributed by atoms with Gasteiger partial charge in [-0.2, -0.15) is 0 Å². The Hall–Kier alpha value is -2.01. The molecule has 1 heterocycles. The number of carbonyl (C=O) groups excluding carboxylic acids is 1. The summed E-state index contributed by atoms with van der Waals surface area (Å²) in [6.45, 7) is 6.16. The third-order valence-electron chi connectivity index (χ3n) is 4.70.